The molecule has 0 aliphatic rings. The molecule has 2 heteroatoms. The van der Waals surface area contributed by atoms with Crippen LogP contribution < -0.4 is 4.90 Å². The zero-order valence-electron chi connectivity index (χ0n) is 31.7. The van der Waals surface area contributed by atoms with Crippen molar-refractivity contribution in [3.05, 3.63) is 224 Å². The van der Waals surface area contributed by atoms with Gasteiger partial charge in [-0.3, -0.25) is 0 Å². The van der Waals surface area contributed by atoms with E-state index in [1.165, 1.54) is 44.0 Å². The highest BCUT2D eigenvalue weighted by Gasteiger charge is 2.20. The molecule has 0 amide bonds. The van der Waals surface area contributed by atoms with E-state index in [4.69, 9.17) is 4.42 Å². The molecule has 0 aliphatic heterocycles. The second kappa shape index (κ2) is 14.1. The van der Waals surface area contributed by atoms with Crippen molar-refractivity contribution in [1.82, 2.24) is 0 Å². The second-order valence-electron chi connectivity index (χ2n) is 14.8. The first-order valence-electron chi connectivity index (χ1n) is 19.8. The molecule has 11 rings (SSSR count). The van der Waals surface area contributed by atoms with E-state index in [0.29, 0.717) is 0 Å². The molecule has 1 heterocycles. The third-order valence-electron chi connectivity index (χ3n) is 11.5. The monoisotopic (exact) mass is 739 g/mol. The normalized spacial score (nSPS) is 11.4. The Labute approximate surface area is 337 Å². The molecule has 0 spiro atoms. The van der Waals surface area contributed by atoms with Gasteiger partial charge >= 0.3 is 0 Å². The van der Waals surface area contributed by atoms with E-state index in [9.17, 15) is 0 Å². The molecule has 0 N–H and O–H groups in total. The minimum absolute atomic E-state index is 0.909. The molecule has 10 aromatic carbocycles. The summed E-state index contributed by atoms with van der Waals surface area (Å²) in [6.07, 6.45) is 0. The van der Waals surface area contributed by atoms with Crippen molar-refractivity contribution >= 4 is 60.5 Å². The zero-order valence-corrected chi connectivity index (χ0v) is 31.7. The van der Waals surface area contributed by atoms with Crippen LogP contribution in [0, 0.1) is 0 Å². The maximum Gasteiger partial charge on any atom is 0.143 e. The average Bonchev–Trinajstić information content (AvgIpc) is 3.70. The Balaban J connectivity index is 1.07. The summed E-state index contributed by atoms with van der Waals surface area (Å²) in [5, 5.41) is 6.92. The van der Waals surface area contributed by atoms with Crippen LogP contribution in [0.5, 0.6) is 0 Å². The van der Waals surface area contributed by atoms with Crippen molar-refractivity contribution < 1.29 is 4.42 Å². The summed E-state index contributed by atoms with van der Waals surface area (Å²) in [7, 11) is 0. The molecule has 0 aliphatic carbocycles. The smallest absolute Gasteiger partial charge is 0.143 e. The Morgan fingerprint density at radius 2 is 0.724 bits per heavy atom. The molecule has 0 fully saturated rings. The first-order valence-corrected chi connectivity index (χ1v) is 19.8. The van der Waals surface area contributed by atoms with Gasteiger partial charge in [-0.2, -0.15) is 0 Å². The Bertz CT molecular complexity index is 3170. The first kappa shape index (κ1) is 33.6. The molecule has 272 valence electrons. The molecule has 0 saturated carbocycles. The molecule has 58 heavy (non-hydrogen) atoms. The van der Waals surface area contributed by atoms with E-state index >= 15 is 0 Å². The molecule has 0 saturated heterocycles. The molecule has 0 radical (unpaired) electrons. The topological polar surface area (TPSA) is 16.4 Å². The third-order valence-corrected chi connectivity index (χ3v) is 11.5. The number of para-hydroxylation sites is 1. The standard InChI is InChI=1S/C56H37NO/c1-3-14-38(15-4-1)40-28-33-43(34-29-40)57(44-35-30-41(31-36-44)39-16-5-2-6-17-39)54-27-13-23-48-47(22-11-24-50(48)54)46-20-9-10-21-49(46)51-25-12-26-52-53-37-32-42-18-7-8-19-45(42)55(53)58-56(51)52/h1-37H. The molecule has 2 nitrogen and oxygen atoms in total. The van der Waals surface area contributed by atoms with Crippen LogP contribution in [0.25, 0.3) is 88.0 Å². The van der Waals surface area contributed by atoms with E-state index in [-0.39, 0.29) is 0 Å². The number of benzene rings is 10. The van der Waals surface area contributed by atoms with Crippen LogP contribution in [0.3, 0.4) is 0 Å². The van der Waals surface area contributed by atoms with Gasteiger partial charge in [0.2, 0.25) is 0 Å². The van der Waals surface area contributed by atoms with Gasteiger partial charge in [0.05, 0.1) is 5.69 Å². The van der Waals surface area contributed by atoms with Crippen LogP contribution in [0.1, 0.15) is 0 Å². The minimum Gasteiger partial charge on any atom is -0.455 e. The van der Waals surface area contributed by atoms with Crippen LogP contribution in [-0.4, -0.2) is 0 Å². The zero-order chi connectivity index (χ0) is 38.4. The first-order chi connectivity index (χ1) is 28.8. The largest absolute Gasteiger partial charge is 0.455 e. The van der Waals surface area contributed by atoms with E-state index in [2.05, 4.69) is 229 Å². The van der Waals surface area contributed by atoms with Crippen LogP contribution >= 0.6 is 0 Å². The predicted molar refractivity (Wildman–Crippen MR) is 245 cm³/mol. The molecule has 1 aromatic heterocycles. The number of rotatable bonds is 7. The SMILES string of the molecule is c1ccc(-c2ccc(N(c3ccc(-c4ccccc4)cc3)c3cccc4c(-c5ccccc5-c5cccc6c5oc5c7ccccc7ccc65)cccc34)cc2)cc1. The van der Waals surface area contributed by atoms with E-state index in [0.717, 1.165) is 61.1 Å². The Morgan fingerprint density at radius 1 is 0.259 bits per heavy atom. The molecule has 0 unspecified atom stereocenters. The summed E-state index contributed by atoms with van der Waals surface area (Å²) in [4.78, 5) is 2.39. The fourth-order valence-electron chi connectivity index (χ4n) is 8.71. The Hall–Kier alpha value is -7.68. The van der Waals surface area contributed by atoms with Gasteiger partial charge in [-0.25, -0.2) is 0 Å². The molecular formula is C56H37NO. The Kier molecular flexibility index (Phi) is 8.19. The second-order valence-corrected chi connectivity index (χ2v) is 14.8. The average molecular weight is 740 g/mol. The lowest BCUT2D eigenvalue weighted by Gasteiger charge is -2.28. The van der Waals surface area contributed by atoms with Crippen molar-refractivity contribution in [2.75, 3.05) is 4.90 Å². The number of hydrogen-bond donors (Lipinski definition) is 0. The van der Waals surface area contributed by atoms with Crippen molar-refractivity contribution in [2.24, 2.45) is 0 Å². The lowest BCUT2D eigenvalue weighted by Crippen LogP contribution is -2.10. The summed E-state index contributed by atoms with van der Waals surface area (Å²) >= 11 is 0. The van der Waals surface area contributed by atoms with Crippen LogP contribution in [0.2, 0.25) is 0 Å². The summed E-state index contributed by atoms with van der Waals surface area (Å²) in [5.74, 6) is 0. The highest BCUT2D eigenvalue weighted by Crippen LogP contribution is 2.45. The lowest BCUT2D eigenvalue weighted by molar-refractivity contribution is 0.674. The fourth-order valence-corrected chi connectivity index (χ4v) is 8.71. The number of fused-ring (bicyclic) bond motifs is 6. The minimum atomic E-state index is 0.909. The molecular weight excluding hydrogens is 703 g/mol. The predicted octanol–water partition coefficient (Wildman–Crippen LogP) is 16.0. The van der Waals surface area contributed by atoms with Crippen molar-refractivity contribution in [1.29, 1.82) is 0 Å². The molecule has 11 aromatic rings. The maximum absolute atomic E-state index is 6.84. The van der Waals surface area contributed by atoms with Gasteiger partial charge in [0.1, 0.15) is 11.2 Å². The summed E-state index contributed by atoms with van der Waals surface area (Å²) in [6.45, 7) is 0. The van der Waals surface area contributed by atoms with Gasteiger partial charge in [0.15, 0.2) is 0 Å². The Morgan fingerprint density at radius 3 is 1.40 bits per heavy atom. The van der Waals surface area contributed by atoms with Crippen LogP contribution in [0.15, 0.2) is 229 Å². The van der Waals surface area contributed by atoms with E-state index in [1.807, 2.05) is 0 Å². The van der Waals surface area contributed by atoms with Crippen molar-refractivity contribution in [2.45, 2.75) is 0 Å². The van der Waals surface area contributed by atoms with Gasteiger partial charge in [-0.05, 0) is 86.1 Å². The number of hydrogen-bond acceptors (Lipinski definition) is 2. The van der Waals surface area contributed by atoms with Gasteiger partial charge in [0.25, 0.3) is 0 Å². The summed E-state index contributed by atoms with van der Waals surface area (Å²) < 4.78 is 6.84. The van der Waals surface area contributed by atoms with E-state index in [1.54, 1.807) is 0 Å². The highest BCUT2D eigenvalue weighted by molar-refractivity contribution is 6.18. The van der Waals surface area contributed by atoms with Crippen LogP contribution in [0.4, 0.5) is 17.1 Å². The van der Waals surface area contributed by atoms with Crippen LogP contribution in [-0.2, 0) is 0 Å². The maximum atomic E-state index is 6.84. The van der Waals surface area contributed by atoms with E-state index < -0.39 is 0 Å². The molecule has 0 bridgehead atoms. The van der Waals surface area contributed by atoms with Gasteiger partial charge in [0, 0.05) is 38.5 Å². The van der Waals surface area contributed by atoms with Gasteiger partial charge in [-0.1, -0.05) is 188 Å². The lowest BCUT2D eigenvalue weighted by atomic mass is 9.90. The quantitative estimate of drug-likeness (QED) is 0.162. The fraction of sp³-hybridized carbons (Fsp3) is 0. The number of furan rings is 1. The number of nitrogens with zero attached hydrogens (tertiary/aromatic N) is 1. The third kappa shape index (κ3) is 5.74. The summed E-state index contributed by atoms with van der Waals surface area (Å²) in [5.41, 5.74) is 14.5. The summed E-state index contributed by atoms with van der Waals surface area (Å²) in [6, 6.07) is 80.5. The van der Waals surface area contributed by atoms with Crippen molar-refractivity contribution in [3.8, 4) is 44.5 Å². The molecule has 0 atom stereocenters. The van der Waals surface area contributed by atoms with Gasteiger partial charge < -0.3 is 9.32 Å². The number of anilines is 3. The highest BCUT2D eigenvalue weighted by atomic mass is 16.3. The van der Waals surface area contributed by atoms with Gasteiger partial charge in [-0.15, -0.1) is 0 Å². The van der Waals surface area contributed by atoms with Crippen molar-refractivity contribution in [3.63, 3.8) is 0 Å².